The molecule has 4 aromatic carbocycles. The van der Waals surface area contributed by atoms with Crippen molar-refractivity contribution in [2.75, 3.05) is 7.11 Å². The van der Waals surface area contributed by atoms with Crippen molar-refractivity contribution in [2.24, 2.45) is 4.99 Å². The summed E-state index contributed by atoms with van der Waals surface area (Å²) in [4.78, 5) is 21.3. The van der Waals surface area contributed by atoms with Gasteiger partial charge in [0.05, 0.1) is 21.3 Å². The minimum atomic E-state index is 0.0295. The first-order chi connectivity index (χ1) is 20.1. The molecule has 208 valence electrons. The van der Waals surface area contributed by atoms with Crippen LogP contribution in [0.5, 0.6) is 11.5 Å². The smallest absolute Gasteiger partial charge is 0.267 e. The van der Waals surface area contributed by atoms with E-state index in [0.29, 0.717) is 23.0 Å². The van der Waals surface area contributed by atoms with Crippen molar-refractivity contribution in [3.8, 4) is 11.5 Å². The summed E-state index contributed by atoms with van der Waals surface area (Å²) in [6.45, 7) is 0.429. The highest BCUT2D eigenvalue weighted by Gasteiger charge is 2.38. The molecule has 0 N–H and O–H groups in total. The predicted molar refractivity (Wildman–Crippen MR) is 177 cm³/mol. The number of hydrogen-bond donors (Lipinski definition) is 0. The van der Waals surface area contributed by atoms with Gasteiger partial charge in [-0.2, -0.15) is 0 Å². The lowest BCUT2D eigenvalue weighted by molar-refractivity contribution is -0.124. The molecule has 6 rings (SSSR count). The molecular weight excluding hydrogens is 643 g/mol. The molecule has 7 heteroatoms. The molecule has 0 atom stereocenters. The largest absolute Gasteiger partial charge is 0.493 e. The summed E-state index contributed by atoms with van der Waals surface area (Å²) in [6.07, 6.45) is 7.50. The van der Waals surface area contributed by atoms with Crippen molar-refractivity contribution in [1.82, 2.24) is 4.90 Å². The number of amides is 1. The molecule has 41 heavy (non-hydrogen) atoms. The number of ether oxygens (including phenoxy) is 2. The molecule has 4 aromatic rings. The second-order valence-corrected chi connectivity index (χ2v) is 12.4. The van der Waals surface area contributed by atoms with E-state index in [9.17, 15) is 4.79 Å². The number of carbonyl (C=O) groups is 1. The number of benzene rings is 4. The molecule has 1 heterocycles. The Kier molecular flexibility index (Phi) is 8.62. The lowest BCUT2D eigenvalue weighted by Crippen LogP contribution is -2.40. The maximum absolute atomic E-state index is 13.8. The van der Waals surface area contributed by atoms with E-state index < -0.39 is 0 Å². The molecule has 5 nitrogen and oxygen atoms in total. The number of thioether (sulfide) groups is 1. The molecule has 1 aliphatic carbocycles. The van der Waals surface area contributed by atoms with E-state index in [4.69, 9.17) is 14.5 Å². The molecule has 0 unspecified atom stereocenters. The fourth-order valence-corrected chi connectivity index (χ4v) is 7.36. The van der Waals surface area contributed by atoms with Crippen LogP contribution in [-0.2, 0) is 11.4 Å². The van der Waals surface area contributed by atoms with E-state index in [0.717, 1.165) is 51.2 Å². The third-order valence-corrected chi connectivity index (χ3v) is 9.34. The van der Waals surface area contributed by atoms with Gasteiger partial charge in [-0.1, -0.05) is 79.9 Å². The third-order valence-electron chi connectivity index (χ3n) is 7.56. The second kappa shape index (κ2) is 12.7. The Hall–Kier alpha value is -3.30. The first-order valence-electron chi connectivity index (χ1n) is 13.9. The van der Waals surface area contributed by atoms with Gasteiger partial charge >= 0.3 is 0 Å². The number of hydrogen-bond acceptors (Lipinski definition) is 5. The van der Waals surface area contributed by atoms with Crippen LogP contribution in [0.1, 0.15) is 43.2 Å². The number of fused-ring (bicyclic) bond motifs is 1. The molecule has 2 fully saturated rings. The van der Waals surface area contributed by atoms with Gasteiger partial charge in [0.15, 0.2) is 16.7 Å². The van der Waals surface area contributed by atoms with Crippen LogP contribution < -0.4 is 9.47 Å². The Morgan fingerprint density at radius 3 is 2.54 bits per heavy atom. The molecule has 0 bridgehead atoms. The van der Waals surface area contributed by atoms with Gasteiger partial charge in [0.2, 0.25) is 0 Å². The van der Waals surface area contributed by atoms with Crippen LogP contribution in [0.4, 0.5) is 5.69 Å². The first-order valence-corrected chi connectivity index (χ1v) is 15.8. The van der Waals surface area contributed by atoms with E-state index in [2.05, 4.69) is 52.9 Å². The first kappa shape index (κ1) is 27.8. The van der Waals surface area contributed by atoms with Crippen LogP contribution in [-0.4, -0.2) is 29.1 Å². The van der Waals surface area contributed by atoms with Gasteiger partial charge in [0.1, 0.15) is 6.61 Å². The highest BCUT2D eigenvalue weighted by atomic mass is 127. The van der Waals surface area contributed by atoms with Gasteiger partial charge in [-0.3, -0.25) is 9.69 Å². The molecule has 2 aliphatic rings. The lowest BCUT2D eigenvalue weighted by atomic mass is 9.94. The zero-order valence-corrected chi connectivity index (χ0v) is 25.9. The standard InChI is InChI=1S/C34H31IN2O3S/c1-39-30-20-23(19-29(35)32(30)40-22-25-13-10-12-24-11-8-9-18-28(24)25)21-31-33(38)37(27-16-6-3-7-17-27)34(41-31)36-26-14-4-2-5-15-26/h2,4-5,8-15,18-21,27H,3,6-7,16-17,22H2,1H3/b31-21-,36-34?. The Morgan fingerprint density at radius 2 is 1.73 bits per heavy atom. The van der Waals surface area contributed by atoms with E-state index in [1.165, 1.54) is 29.0 Å². The van der Waals surface area contributed by atoms with Crippen molar-refractivity contribution >= 4 is 68.0 Å². The number of methoxy groups -OCH3 is 1. The van der Waals surface area contributed by atoms with Crippen molar-refractivity contribution in [2.45, 2.75) is 44.8 Å². The van der Waals surface area contributed by atoms with Crippen LogP contribution in [0.3, 0.4) is 0 Å². The normalized spacial score (nSPS) is 18.0. The number of nitrogens with zero attached hydrogens (tertiary/aromatic N) is 2. The van der Waals surface area contributed by atoms with Gasteiger partial charge in [0.25, 0.3) is 5.91 Å². The lowest BCUT2D eigenvalue weighted by Gasteiger charge is -2.30. The summed E-state index contributed by atoms with van der Waals surface area (Å²) in [7, 11) is 1.65. The van der Waals surface area contributed by atoms with E-state index in [-0.39, 0.29) is 11.9 Å². The molecule has 0 radical (unpaired) electrons. The summed E-state index contributed by atoms with van der Waals surface area (Å²) in [6, 6.07) is 28.6. The number of carbonyl (C=O) groups excluding carboxylic acids is 1. The Morgan fingerprint density at radius 1 is 0.976 bits per heavy atom. The van der Waals surface area contributed by atoms with Crippen LogP contribution in [0.2, 0.25) is 0 Å². The SMILES string of the molecule is COc1cc(/C=C2\SC(=Nc3ccccc3)N(C3CCCCC3)C2=O)cc(I)c1OCc1cccc2ccccc12. The fraction of sp³-hybridized carbons (Fsp3) is 0.235. The van der Waals surface area contributed by atoms with Crippen molar-refractivity contribution in [3.63, 3.8) is 0 Å². The van der Waals surface area contributed by atoms with Crippen LogP contribution >= 0.6 is 34.4 Å². The van der Waals surface area contributed by atoms with E-state index >= 15 is 0 Å². The zero-order chi connectivity index (χ0) is 28.2. The quantitative estimate of drug-likeness (QED) is 0.145. The highest BCUT2D eigenvalue weighted by Crippen LogP contribution is 2.40. The van der Waals surface area contributed by atoms with Gasteiger partial charge < -0.3 is 9.47 Å². The fourth-order valence-electron chi connectivity index (χ4n) is 5.52. The Labute approximate surface area is 258 Å². The molecule has 0 spiro atoms. The van der Waals surface area contributed by atoms with E-state index in [1.54, 1.807) is 7.11 Å². The Bertz CT molecular complexity index is 1620. The van der Waals surface area contributed by atoms with Gasteiger partial charge in [-0.25, -0.2) is 4.99 Å². The van der Waals surface area contributed by atoms with Gasteiger partial charge in [0, 0.05) is 6.04 Å². The van der Waals surface area contributed by atoms with Crippen LogP contribution in [0, 0.1) is 3.57 Å². The molecule has 0 aromatic heterocycles. The molecule has 1 amide bonds. The minimum Gasteiger partial charge on any atom is -0.493 e. The molecule has 1 saturated heterocycles. The molecule has 1 aliphatic heterocycles. The minimum absolute atomic E-state index is 0.0295. The summed E-state index contributed by atoms with van der Waals surface area (Å²) >= 11 is 3.74. The second-order valence-electron chi connectivity index (χ2n) is 10.3. The average molecular weight is 675 g/mol. The summed E-state index contributed by atoms with van der Waals surface area (Å²) < 4.78 is 13.0. The van der Waals surface area contributed by atoms with Gasteiger partial charge in [-0.05, 0) is 99.4 Å². The number of amidine groups is 1. The monoisotopic (exact) mass is 674 g/mol. The van der Waals surface area contributed by atoms with Crippen LogP contribution in [0.25, 0.3) is 16.8 Å². The average Bonchev–Trinajstić information content (AvgIpc) is 3.30. The van der Waals surface area contributed by atoms with Crippen molar-refractivity contribution in [3.05, 3.63) is 105 Å². The topological polar surface area (TPSA) is 51.1 Å². The summed E-state index contributed by atoms with van der Waals surface area (Å²) in [5.74, 6) is 1.37. The van der Waals surface area contributed by atoms with Crippen molar-refractivity contribution < 1.29 is 14.3 Å². The molecular formula is C34H31IN2O3S. The summed E-state index contributed by atoms with van der Waals surface area (Å²) in [5.41, 5.74) is 2.87. The number of halogens is 1. The summed E-state index contributed by atoms with van der Waals surface area (Å²) in [5, 5.41) is 3.13. The number of aliphatic imine (C=N–C) groups is 1. The third kappa shape index (κ3) is 6.16. The Balaban J connectivity index is 1.28. The molecule has 1 saturated carbocycles. The maximum Gasteiger partial charge on any atom is 0.267 e. The van der Waals surface area contributed by atoms with Gasteiger partial charge in [-0.15, -0.1) is 0 Å². The predicted octanol–water partition coefficient (Wildman–Crippen LogP) is 8.97. The van der Waals surface area contributed by atoms with Crippen molar-refractivity contribution in [1.29, 1.82) is 0 Å². The zero-order valence-electron chi connectivity index (χ0n) is 22.9. The highest BCUT2D eigenvalue weighted by molar-refractivity contribution is 14.1. The van der Waals surface area contributed by atoms with E-state index in [1.807, 2.05) is 65.6 Å². The van der Waals surface area contributed by atoms with Crippen LogP contribution in [0.15, 0.2) is 94.8 Å². The number of rotatable bonds is 7. The number of para-hydroxylation sites is 1. The maximum atomic E-state index is 13.8.